The highest BCUT2D eigenvalue weighted by atomic mass is 31.2. The Bertz CT molecular complexity index is 2470. The molecule has 0 aliphatic heterocycles. The lowest BCUT2D eigenvalue weighted by Gasteiger charge is -2.24. The Labute approximate surface area is 641 Å². The van der Waals surface area contributed by atoms with Crippen LogP contribution in [0.3, 0.4) is 0 Å². The molecule has 590 valence electrons. The number of hydrogen-bond acceptors (Lipinski definition) is 7. The number of nitrogens with zero attached hydrogens (tertiary/aromatic N) is 1. The van der Waals surface area contributed by atoms with Crippen molar-refractivity contribution in [2.75, 3.05) is 47.5 Å². The van der Waals surface area contributed by atoms with Gasteiger partial charge in [0.1, 0.15) is 19.8 Å². The summed E-state index contributed by atoms with van der Waals surface area (Å²) >= 11 is 0. The lowest BCUT2D eigenvalue weighted by atomic mass is 10.0. The third kappa shape index (κ3) is 85.8. The summed E-state index contributed by atoms with van der Waals surface area (Å²) in [6.45, 7) is 4.20. The molecule has 0 aliphatic rings. The van der Waals surface area contributed by atoms with Crippen molar-refractivity contribution in [2.24, 2.45) is 0 Å². The van der Waals surface area contributed by atoms with Crippen LogP contribution in [-0.4, -0.2) is 74.9 Å². The van der Waals surface area contributed by atoms with Gasteiger partial charge in [0.05, 0.1) is 27.7 Å². The van der Waals surface area contributed by atoms with Gasteiger partial charge in [-0.1, -0.05) is 375 Å². The zero-order chi connectivity index (χ0) is 75.4. The molecular formula is C94H157NO8P+. The summed E-state index contributed by atoms with van der Waals surface area (Å²) in [7, 11) is 1.46. The summed E-state index contributed by atoms with van der Waals surface area (Å²) in [6, 6.07) is 0. The maximum absolute atomic E-state index is 12.9. The molecular weight excluding hydrogens is 1300 g/mol. The molecule has 0 bridgehead atoms. The molecule has 0 aliphatic carbocycles. The van der Waals surface area contributed by atoms with E-state index in [1.165, 1.54) is 154 Å². The van der Waals surface area contributed by atoms with Crippen LogP contribution in [0.1, 0.15) is 335 Å². The molecule has 0 aromatic heterocycles. The minimum absolute atomic E-state index is 0.0221. The van der Waals surface area contributed by atoms with Crippen molar-refractivity contribution in [3.05, 3.63) is 194 Å². The van der Waals surface area contributed by atoms with Crippen LogP contribution in [-0.2, 0) is 32.7 Å². The maximum Gasteiger partial charge on any atom is 0.472 e. The van der Waals surface area contributed by atoms with Crippen LogP contribution in [0.15, 0.2) is 194 Å². The highest BCUT2D eigenvalue weighted by Crippen LogP contribution is 2.43. The molecule has 2 atom stereocenters. The van der Waals surface area contributed by atoms with Crippen molar-refractivity contribution >= 4 is 19.8 Å². The van der Waals surface area contributed by atoms with E-state index in [0.717, 1.165) is 148 Å². The first kappa shape index (κ1) is 98.8. The fourth-order valence-corrected chi connectivity index (χ4v) is 12.0. The van der Waals surface area contributed by atoms with Crippen LogP contribution >= 0.6 is 7.82 Å². The lowest BCUT2D eigenvalue weighted by molar-refractivity contribution is -0.870. The molecule has 104 heavy (non-hydrogen) atoms. The van der Waals surface area contributed by atoms with E-state index in [0.29, 0.717) is 17.4 Å². The number of rotatable bonds is 76. The predicted molar refractivity (Wildman–Crippen MR) is 454 cm³/mol. The number of carbonyl (C=O) groups excluding carboxylic acids is 2. The van der Waals surface area contributed by atoms with Crippen molar-refractivity contribution in [3.63, 3.8) is 0 Å². The van der Waals surface area contributed by atoms with Crippen molar-refractivity contribution in [2.45, 2.75) is 341 Å². The molecule has 2 unspecified atom stereocenters. The number of carbonyl (C=O) groups is 2. The lowest BCUT2D eigenvalue weighted by Crippen LogP contribution is -2.37. The number of phosphoric acid groups is 1. The van der Waals surface area contributed by atoms with Gasteiger partial charge >= 0.3 is 19.8 Å². The summed E-state index contributed by atoms with van der Waals surface area (Å²) in [5, 5.41) is 0. The summed E-state index contributed by atoms with van der Waals surface area (Å²) < 4.78 is 34.8. The van der Waals surface area contributed by atoms with E-state index < -0.39 is 26.5 Å². The molecule has 1 N–H and O–H groups in total. The van der Waals surface area contributed by atoms with E-state index in [1.807, 2.05) is 21.1 Å². The Balaban J connectivity index is 4.02. The zero-order valence-electron chi connectivity index (χ0n) is 67.4. The fourth-order valence-electron chi connectivity index (χ4n) is 11.3. The van der Waals surface area contributed by atoms with Gasteiger partial charge in [-0.15, -0.1) is 0 Å². The summed E-state index contributed by atoms with van der Waals surface area (Å²) in [5.74, 6) is -0.810. The third-order valence-corrected chi connectivity index (χ3v) is 18.6. The zero-order valence-corrected chi connectivity index (χ0v) is 68.3. The van der Waals surface area contributed by atoms with Gasteiger partial charge in [0.15, 0.2) is 6.10 Å². The molecule has 0 saturated heterocycles. The van der Waals surface area contributed by atoms with Gasteiger partial charge in [-0.05, 0) is 141 Å². The first-order valence-electron chi connectivity index (χ1n) is 42.2. The molecule has 0 saturated carbocycles. The number of likely N-dealkylation sites (N-methyl/N-ethyl adjacent to an activating group) is 1. The van der Waals surface area contributed by atoms with Crippen molar-refractivity contribution < 1.29 is 42.1 Å². The average molecular weight is 1460 g/mol. The number of unbranched alkanes of at least 4 members (excludes halogenated alkanes) is 30. The highest BCUT2D eigenvalue weighted by Gasteiger charge is 2.27. The standard InChI is InChI=1S/C94H156NO8P/c1-6-8-10-12-14-16-18-20-22-24-26-28-30-32-34-36-38-40-42-44-46-47-49-51-53-55-57-59-61-63-65-67-69-71-73-75-77-79-81-83-85-87-94(97)103-92(91-102-104(98,99)101-89-88-95(3,4)5)90-100-93(96)86-84-82-80-78-76-74-72-70-68-66-64-62-60-58-56-54-52-50-48-45-43-41-39-37-35-33-31-29-27-25-23-21-19-17-15-13-11-9-7-2/h8-11,14-17,20-23,26-29,32-35,38,40,44,46,49,51,55,57,61,63,67,69,92H,6-7,12-13,18-19,24-25,30-31,36-37,39,41-43,45,47-48,50,52-54,56,58-60,62,64-66,68,70-91H2,1-5H3/p+1/b10-8-,11-9-,16-14-,17-15-,22-20-,23-21-,28-26-,29-27-,34-32-,35-33-,40-38-,46-44-,51-49-,57-55-,63-61-,69-67-. The second-order valence-electron chi connectivity index (χ2n) is 28.7. The fraction of sp³-hybridized carbons (Fsp3) is 0.638. The molecule has 0 radical (unpaired) electrons. The van der Waals surface area contributed by atoms with Gasteiger partial charge in [-0.25, -0.2) is 4.57 Å². The second-order valence-corrected chi connectivity index (χ2v) is 30.2. The number of esters is 2. The first-order chi connectivity index (χ1) is 51.0. The van der Waals surface area contributed by atoms with Gasteiger partial charge in [-0.3, -0.25) is 18.6 Å². The number of hydrogen-bond donors (Lipinski definition) is 1. The molecule has 0 rings (SSSR count). The molecule has 0 fully saturated rings. The first-order valence-corrected chi connectivity index (χ1v) is 43.7. The van der Waals surface area contributed by atoms with Crippen LogP contribution < -0.4 is 0 Å². The highest BCUT2D eigenvalue weighted by molar-refractivity contribution is 7.47. The van der Waals surface area contributed by atoms with Gasteiger partial charge in [0.25, 0.3) is 0 Å². The minimum atomic E-state index is -4.41. The van der Waals surface area contributed by atoms with Crippen molar-refractivity contribution in [1.29, 1.82) is 0 Å². The molecule has 10 heteroatoms. The number of allylic oxidation sites excluding steroid dienone is 32. The summed E-state index contributed by atoms with van der Waals surface area (Å²) in [6.07, 6.45) is 127. The normalized spacial score (nSPS) is 14.0. The Hall–Kier alpha value is -5.15. The topological polar surface area (TPSA) is 108 Å². The molecule has 0 aromatic rings. The molecule has 0 heterocycles. The van der Waals surface area contributed by atoms with Gasteiger partial charge in [0, 0.05) is 12.8 Å². The van der Waals surface area contributed by atoms with E-state index in [2.05, 4.69) is 208 Å². The van der Waals surface area contributed by atoms with E-state index >= 15 is 0 Å². The Morgan fingerprint density at radius 2 is 0.519 bits per heavy atom. The maximum atomic E-state index is 12.9. The number of phosphoric ester groups is 1. The third-order valence-electron chi connectivity index (χ3n) is 17.6. The smallest absolute Gasteiger partial charge is 0.462 e. The predicted octanol–water partition coefficient (Wildman–Crippen LogP) is 28.7. The minimum Gasteiger partial charge on any atom is -0.462 e. The number of ether oxygens (including phenoxy) is 2. The van der Waals surface area contributed by atoms with Gasteiger partial charge in [-0.2, -0.15) is 0 Å². The average Bonchev–Trinajstić information content (AvgIpc) is 0.920. The monoisotopic (exact) mass is 1460 g/mol. The molecule has 0 amide bonds. The Morgan fingerprint density at radius 1 is 0.298 bits per heavy atom. The Kier molecular flexibility index (Phi) is 77.9. The van der Waals surface area contributed by atoms with Crippen molar-refractivity contribution in [1.82, 2.24) is 0 Å². The summed E-state index contributed by atoms with van der Waals surface area (Å²) in [5.41, 5.74) is 0. The molecule has 0 aromatic carbocycles. The van der Waals surface area contributed by atoms with Crippen LogP contribution in [0, 0.1) is 0 Å². The largest absolute Gasteiger partial charge is 0.472 e. The van der Waals surface area contributed by atoms with Crippen LogP contribution in [0.2, 0.25) is 0 Å². The Morgan fingerprint density at radius 3 is 0.769 bits per heavy atom. The van der Waals surface area contributed by atoms with Crippen LogP contribution in [0.4, 0.5) is 0 Å². The van der Waals surface area contributed by atoms with Crippen LogP contribution in [0.25, 0.3) is 0 Å². The SMILES string of the molecule is CC/C=C\C/C=C\C/C=C\C/C=C\C/C=C\C/C=C\C/C=C\C/C=C\C/C=C\C/C=C\C/C=C\CCCCCCCCCC(=O)OC(COC(=O)CCCCCCCCCCCCCCCCCCCCCCCCC/C=C\C/C=C\C/C=C\C/C=C\C/C=C\CC)COP(=O)(O)OCC[N+](C)(C)C. The van der Waals surface area contributed by atoms with Crippen molar-refractivity contribution in [3.8, 4) is 0 Å². The second kappa shape index (κ2) is 81.9. The summed E-state index contributed by atoms with van der Waals surface area (Å²) in [4.78, 5) is 36.0. The van der Waals surface area contributed by atoms with E-state index in [1.54, 1.807) is 0 Å². The molecule has 9 nitrogen and oxygen atoms in total. The van der Waals surface area contributed by atoms with Crippen LogP contribution in [0.5, 0.6) is 0 Å². The quantitative estimate of drug-likeness (QED) is 0.0211. The van der Waals surface area contributed by atoms with Gasteiger partial charge in [0.2, 0.25) is 0 Å². The molecule has 0 spiro atoms. The van der Waals surface area contributed by atoms with E-state index in [9.17, 15) is 19.0 Å². The van der Waals surface area contributed by atoms with E-state index in [4.69, 9.17) is 18.5 Å². The van der Waals surface area contributed by atoms with Gasteiger partial charge < -0.3 is 18.9 Å². The van der Waals surface area contributed by atoms with E-state index in [-0.39, 0.29) is 32.0 Å². The number of quaternary nitrogens is 1.